The standard InChI is InChI=1S/C12H15Cl2N3OS/c1-3-7(2)16-12(19)17-15-6-8-4-9(13)5-10(14)11(8)18/h4-7,18H,3H2,1-2H3,(H2,16,17,19)/b15-6-/t7-/m1/s1. The summed E-state index contributed by atoms with van der Waals surface area (Å²) in [5.41, 5.74) is 3.07. The maximum Gasteiger partial charge on any atom is 0.187 e. The van der Waals surface area contributed by atoms with Gasteiger partial charge in [0.15, 0.2) is 5.11 Å². The van der Waals surface area contributed by atoms with Crippen LogP contribution in [-0.4, -0.2) is 22.5 Å². The highest BCUT2D eigenvalue weighted by molar-refractivity contribution is 7.80. The molecule has 0 aliphatic carbocycles. The summed E-state index contributed by atoms with van der Waals surface area (Å²) in [7, 11) is 0. The van der Waals surface area contributed by atoms with Gasteiger partial charge in [-0.05, 0) is 37.7 Å². The Morgan fingerprint density at radius 2 is 2.21 bits per heavy atom. The molecule has 0 saturated heterocycles. The van der Waals surface area contributed by atoms with E-state index in [0.29, 0.717) is 15.7 Å². The van der Waals surface area contributed by atoms with Gasteiger partial charge in [0.25, 0.3) is 0 Å². The van der Waals surface area contributed by atoms with Crippen molar-refractivity contribution in [2.75, 3.05) is 0 Å². The van der Waals surface area contributed by atoms with E-state index in [-0.39, 0.29) is 16.8 Å². The van der Waals surface area contributed by atoms with Crippen molar-refractivity contribution in [3.63, 3.8) is 0 Å². The predicted octanol–water partition coefficient (Wildman–Crippen LogP) is 3.30. The Bertz CT molecular complexity index is 494. The molecule has 104 valence electrons. The number of halogens is 2. The first kappa shape index (κ1) is 16.0. The summed E-state index contributed by atoms with van der Waals surface area (Å²) in [4.78, 5) is 0. The number of hydrogen-bond acceptors (Lipinski definition) is 3. The summed E-state index contributed by atoms with van der Waals surface area (Å²) in [5.74, 6) is -0.0718. The highest BCUT2D eigenvalue weighted by atomic mass is 35.5. The average Bonchev–Trinajstić information content (AvgIpc) is 2.34. The molecule has 4 nitrogen and oxygen atoms in total. The van der Waals surface area contributed by atoms with Crippen LogP contribution in [0.1, 0.15) is 25.8 Å². The van der Waals surface area contributed by atoms with Crippen LogP contribution in [0, 0.1) is 0 Å². The third-order valence-corrected chi connectivity index (χ3v) is 3.13. The lowest BCUT2D eigenvalue weighted by atomic mass is 10.2. The van der Waals surface area contributed by atoms with E-state index in [4.69, 9.17) is 35.4 Å². The zero-order chi connectivity index (χ0) is 14.4. The van der Waals surface area contributed by atoms with Crippen molar-refractivity contribution >= 4 is 46.7 Å². The number of benzene rings is 1. The molecule has 0 bridgehead atoms. The van der Waals surface area contributed by atoms with Crippen molar-refractivity contribution in [3.8, 4) is 5.75 Å². The van der Waals surface area contributed by atoms with E-state index >= 15 is 0 Å². The van der Waals surface area contributed by atoms with E-state index in [1.165, 1.54) is 12.3 Å². The molecule has 7 heteroatoms. The lowest BCUT2D eigenvalue weighted by molar-refractivity contribution is 0.474. The van der Waals surface area contributed by atoms with Crippen LogP contribution in [0.2, 0.25) is 10.0 Å². The summed E-state index contributed by atoms with van der Waals surface area (Å²) in [6.07, 6.45) is 2.36. The molecular formula is C12H15Cl2N3OS. The van der Waals surface area contributed by atoms with Crippen molar-refractivity contribution in [3.05, 3.63) is 27.7 Å². The largest absolute Gasteiger partial charge is 0.506 e. The summed E-state index contributed by atoms with van der Waals surface area (Å²) in [6, 6.07) is 3.28. The number of nitrogens with one attached hydrogen (secondary N) is 2. The van der Waals surface area contributed by atoms with E-state index in [1.807, 2.05) is 6.92 Å². The molecule has 0 saturated carbocycles. The third-order valence-electron chi connectivity index (χ3n) is 2.42. The van der Waals surface area contributed by atoms with E-state index < -0.39 is 0 Å². The Labute approximate surface area is 127 Å². The molecule has 0 aliphatic rings. The minimum absolute atomic E-state index is 0.0718. The molecule has 1 atom stereocenters. The number of phenolic OH excluding ortho intramolecular Hbond substituents is 1. The van der Waals surface area contributed by atoms with Crippen LogP contribution in [0.3, 0.4) is 0 Å². The maximum absolute atomic E-state index is 9.71. The summed E-state index contributed by atoms with van der Waals surface area (Å²) < 4.78 is 0. The van der Waals surface area contributed by atoms with E-state index in [9.17, 15) is 5.11 Å². The molecule has 0 aromatic heterocycles. The van der Waals surface area contributed by atoms with Gasteiger partial charge in [-0.15, -0.1) is 0 Å². The highest BCUT2D eigenvalue weighted by Gasteiger charge is 2.06. The van der Waals surface area contributed by atoms with Gasteiger partial charge in [-0.1, -0.05) is 30.1 Å². The molecule has 0 unspecified atom stereocenters. The average molecular weight is 320 g/mol. The van der Waals surface area contributed by atoms with Gasteiger partial charge in [-0.25, -0.2) is 0 Å². The fourth-order valence-corrected chi connectivity index (χ4v) is 1.97. The van der Waals surface area contributed by atoms with Gasteiger partial charge in [0.2, 0.25) is 0 Å². The molecule has 0 aliphatic heterocycles. The fraction of sp³-hybridized carbons (Fsp3) is 0.333. The minimum atomic E-state index is -0.0718. The quantitative estimate of drug-likeness (QED) is 0.453. The first-order valence-electron chi connectivity index (χ1n) is 5.71. The first-order valence-corrected chi connectivity index (χ1v) is 6.88. The Morgan fingerprint density at radius 3 is 2.84 bits per heavy atom. The smallest absolute Gasteiger partial charge is 0.187 e. The molecule has 19 heavy (non-hydrogen) atoms. The molecule has 0 fully saturated rings. The normalized spacial score (nSPS) is 12.4. The summed E-state index contributed by atoms with van der Waals surface area (Å²) in [6.45, 7) is 4.07. The zero-order valence-electron chi connectivity index (χ0n) is 10.6. The molecule has 0 heterocycles. The lowest BCUT2D eigenvalue weighted by Gasteiger charge is -2.12. The molecule has 3 N–H and O–H groups in total. The second-order valence-electron chi connectivity index (χ2n) is 3.98. The number of thiocarbonyl (C=S) groups is 1. The third kappa shape index (κ3) is 5.22. The first-order chi connectivity index (χ1) is 8.93. The van der Waals surface area contributed by atoms with Gasteiger partial charge in [-0.3, -0.25) is 5.43 Å². The SMILES string of the molecule is CC[C@@H](C)NC(=S)N/N=C\c1cc(Cl)cc(Cl)c1O. The molecule has 1 aromatic carbocycles. The van der Waals surface area contributed by atoms with Crippen LogP contribution in [-0.2, 0) is 0 Å². The number of aromatic hydroxyl groups is 1. The van der Waals surface area contributed by atoms with Gasteiger partial charge in [0.1, 0.15) is 5.75 Å². The number of nitrogens with zero attached hydrogens (tertiary/aromatic N) is 1. The monoisotopic (exact) mass is 319 g/mol. The second-order valence-corrected chi connectivity index (χ2v) is 5.23. The number of rotatable bonds is 4. The van der Waals surface area contributed by atoms with Crippen LogP contribution in [0.25, 0.3) is 0 Å². The Morgan fingerprint density at radius 1 is 1.53 bits per heavy atom. The van der Waals surface area contributed by atoms with Crippen LogP contribution >= 0.6 is 35.4 Å². The van der Waals surface area contributed by atoms with Crippen LogP contribution in [0.15, 0.2) is 17.2 Å². The van der Waals surface area contributed by atoms with Crippen molar-refractivity contribution in [2.45, 2.75) is 26.3 Å². The molecule has 0 spiro atoms. The molecular weight excluding hydrogens is 305 g/mol. The zero-order valence-corrected chi connectivity index (χ0v) is 12.9. The Kier molecular flexibility index (Phi) is 6.34. The van der Waals surface area contributed by atoms with E-state index in [1.54, 1.807) is 6.07 Å². The van der Waals surface area contributed by atoms with Gasteiger partial charge < -0.3 is 10.4 Å². The van der Waals surface area contributed by atoms with Crippen molar-refractivity contribution in [2.24, 2.45) is 5.10 Å². The van der Waals surface area contributed by atoms with E-state index in [2.05, 4.69) is 22.8 Å². The van der Waals surface area contributed by atoms with Gasteiger partial charge in [-0.2, -0.15) is 5.10 Å². The Hall–Kier alpha value is -1.04. The minimum Gasteiger partial charge on any atom is -0.506 e. The molecule has 0 amide bonds. The van der Waals surface area contributed by atoms with E-state index in [0.717, 1.165) is 6.42 Å². The summed E-state index contributed by atoms with van der Waals surface area (Å²) >= 11 is 16.7. The Balaban J connectivity index is 2.65. The van der Waals surface area contributed by atoms with Crippen LogP contribution < -0.4 is 10.7 Å². The van der Waals surface area contributed by atoms with Crippen molar-refractivity contribution in [1.82, 2.24) is 10.7 Å². The predicted molar refractivity (Wildman–Crippen MR) is 84.3 cm³/mol. The van der Waals surface area contributed by atoms with Gasteiger partial charge in [0.05, 0.1) is 11.2 Å². The number of hydrogen-bond donors (Lipinski definition) is 3. The van der Waals surface area contributed by atoms with Crippen molar-refractivity contribution in [1.29, 1.82) is 0 Å². The second kappa shape index (κ2) is 7.53. The number of hydrazone groups is 1. The fourth-order valence-electron chi connectivity index (χ4n) is 1.20. The highest BCUT2D eigenvalue weighted by Crippen LogP contribution is 2.29. The van der Waals surface area contributed by atoms with Crippen molar-refractivity contribution < 1.29 is 5.11 Å². The topological polar surface area (TPSA) is 56.7 Å². The van der Waals surface area contributed by atoms with Gasteiger partial charge in [0, 0.05) is 16.6 Å². The molecule has 0 radical (unpaired) electrons. The maximum atomic E-state index is 9.71. The van der Waals surface area contributed by atoms with Crippen LogP contribution in [0.5, 0.6) is 5.75 Å². The summed E-state index contributed by atoms with van der Waals surface area (Å²) in [5, 5.41) is 17.7. The molecule has 1 aromatic rings. The molecule has 1 rings (SSSR count). The lowest BCUT2D eigenvalue weighted by Crippen LogP contribution is -2.37. The number of phenols is 1. The van der Waals surface area contributed by atoms with Crippen LogP contribution in [0.4, 0.5) is 0 Å². The van der Waals surface area contributed by atoms with Gasteiger partial charge >= 0.3 is 0 Å².